The number of amides is 1. The van der Waals surface area contributed by atoms with Crippen molar-refractivity contribution >= 4 is 17.7 Å². The molecule has 1 aliphatic carbocycles. The molecule has 2 aromatic rings. The van der Waals surface area contributed by atoms with Crippen molar-refractivity contribution < 1.29 is 19.1 Å². The van der Waals surface area contributed by atoms with Crippen LogP contribution in [0.3, 0.4) is 0 Å². The van der Waals surface area contributed by atoms with Gasteiger partial charge in [-0.3, -0.25) is 9.59 Å². The van der Waals surface area contributed by atoms with Crippen molar-refractivity contribution in [2.45, 2.75) is 45.3 Å². The lowest BCUT2D eigenvalue weighted by molar-refractivity contribution is -0.235. The molecule has 1 heterocycles. The number of esters is 1. The first kappa shape index (κ1) is 21.0. The molecule has 6 heteroatoms. The summed E-state index contributed by atoms with van der Waals surface area (Å²) in [5.41, 5.74) is 2.07. The molecule has 1 N–H and O–H groups in total. The molecule has 1 aromatic heterocycles. The van der Waals surface area contributed by atoms with Crippen molar-refractivity contribution in [3.8, 4) is 11.1 Å². The number of ether oxygens (including phenoxy) is 2. The molecule has 1 fully saturated rings. The standard InChI is InChI=1S/C23H28N2O4/c1-4-21(26)29-23(2,28-3)19-11-10-18(14-19)22(27)25-20-15-17(12-13-24-20)16-8-6-5-7-9-16/h5-9,12-13,15,18-19H,4,10-11,14H2,1-3H3,(H,24,25,27). The number of methoxy groups -OCH3 is 1. The Balaban J connectivity index is 1.64. The molecule has 29 heavy (non-hydrogen) atoms. The normalized spacial score (nSPS) is 20.7. The summed E-state index contributed by atoms with van der Waals surface area (Å²) in [4.78, 5) is 28.8. The van der Waals surface area contributed by atoms with Gasteiger partial charge in [-0.1, -0.05) is 37.3 Å². The number of carbonyl (C=O) groups excluding carboxylic acids is 2. The van der Waals surface area contributed by atoms with Gasteiger partial charge >= 0.3 is 5.97 Å². The second-order valence-electron chi connectivity index (χ2n) is 7.54. The third kappa shape index (κ3) is 5.01. The Hall–Kier alpha value is -2.73. The van der Waals surface area contributed by atoms with Crippen LogP contribution in [0.25, 0.3) is 11.1 Å². The number of nitrogens with one attached hydrogen (secondary N) is 1. The Labute approximate surface area is 171 Å². The molecular formula is C23H28N2O4. The van der Waals surface area contributed by atoms with Crippen molar-refractivity contribution in [3.63, 3.8) is 0 Å². The number of pyridine rings is 1. The Morgan fingerprint density at radius 2 is 1.93 bits per heavy atom. The molecule has 0 spiro atoms. The first-order valence-corrected chi connectivity index (χ1v) is 10.0. The van der Waals surface area contributed by atoms with E-state index in [1.807, 2.05) is 42.5 Å². The molecule has 1 amide bonds. The first-order valence-electron chi connectivity index (χ1n) is 10.0. The number of nitrogens with zero attached hydrogens (tertiary/aromatic N) is 1. The van der Waals surface area contributed by atoms with Crippen LogP contribution in [0, 0.1) is 11.8 Å². The van der Waals surface area contributed by atoms with Crippen molar-refractivity contribution in [2.75, 3.05) is 12.4 Å². The molecule has 3 rings (SSSR count). The quantitative estimate of drug-likeness (QED) is 0.554. The maximum Gasteiger partial charge on any atom is 0.308 e. The predicted molar refractivity (Wildman–Crippen MR) is 111 cm³/mol. The molecule has 154 valence electrons. The maximum absolute atomic E-state index is 12.8. The zero-order valence-corrected chi connectivity index (χ0v) is 17.2. The molecule has 0 radical (unpaired) electrons. The summed E-state index contributed by atoms with van der Waals surface area (Å²) in [5.74, 6) is -1.03. The van der Waals surface area contributed by atoms with Crippen molar-refractivity contribution in [3.05, 3.63) is 48.7 Å². The van der Waals surface area contributed by atoms with E-state index in [0.717, 1.165) is 24.0 Å². The number of rotatable bonds is 7. The van der Waals surface area contributed by atoms with Gasteiger partial charge in [-0.15, -0.1) is 0 Å². The molecule has 1 saturated carbocycles. The number of hydrogen-bond donors (Lipinski definition) is 1. The summed E-state index contributed by atoms with van der Waals surface area (Å²) in [6, 6.07) is 13.8. The lowest BCUT2D eigenvalue weighted by Crippen LogP contribution is -2.41. The number of hydrogen-bond acceptors (Lipinski definition) is 5. The van der Waals surface area contributed by atoms with Gasteiger partial charge in [-0.2, -0.15) is 0 Å². The first-order chi connectivity index (χ1) is 13.9. The molecule has 3 atom stereocenters. The molecule has 0 bridgehead atoms. The molecule has 1 aromatic carbocycles. The van der Waals surface area contributed by atoms with E-state index in [1.54, 1.807) is 20.0 Å². The minimum atomic E-state index is -1.01. The summed E-state index contributed by atoms with van der Waals surface area (Å²) in [6.45, 7) is 3.52. The molecule has 0 saturated heterocycles. The summed E-state index contributed by atoms with van der Waals surface area (Å²) in [6.07, 6.45) is 4.07. The Morgan fingerprint density at radius 3 is 2.62 bits per heavy atom. The van der Waals surface area contributed by atoms with Crippen LogP contribution in [0.1, 0.15) is 39.5 Å². The van der Waals surface area contributed by atoms with Crippen molar-refractivity contribution in [1.29, 1.82) is 0 Å². The summed E-state index contributed by atoms with van der Waals surface area (Å²) in [7, 11) is 1.54. The van der Waals surface area contributed by atoms with Gasteiger partial charge in [-0.05, 0) is 42.5 Å². The van der Waals surface area contributed by atoms with E-state index in [1.165, 1.54) is 7.11 Å². The van der Waals surface area contributed by atoms with Gasteiger partial charge in [0.2, 0.25) is 11.7 Å². The van der Waals surface area contributed by atoms with E-state index in [-0.39, 0.29) is 23.7 Å². The van der Waals surface area contributed by atoms with Gasteiger partial charge in [0.25, 0.3) is 0 Å². The van der Waals surface area contributed by atoms with Gasteiger partial charge < -0.3 is 14.8 Å². The number of anilines is 1. The topological polar surface area (TPSA) is 77.5 Å². The van der Waals surface area contributed by atoms with Gasteiger partial charge in [0.05, 0.1) is 0 Å². The minimum absolute atomic E-state index is 0.0256. The number of benzene rings is 1. The zero-order chi connectivity index (χ0) is 20.9. The van der Waals surface area contributed by atoms with Crippen molar-refractivity contribution in [1.82, 2.24) is 4.98 Å². The highest BCUT2D eigenvalue weighted by Crippen LogP contribution is 2.40. The number of carbonyl (C=O) groups is 2. The molecule has 3 unspecified atom stereocenters. The predicted octanol–water partition coefficient (Wildman–Crippen LogP) is 4.42. The van der Waals surface area contributed by atoms with E-state index in [0.29, 0.717) is 18.7 Å². The third-order valence-electron chi connectivity index (χ3n) is 5.67. The van der Waals surface area contributed by atoms with E-state index in [4.69, 9.17) is 9.47 Å². The van der Waals surface area contributed by atoms with E-state index in [2.05, 4.69) is 10.3 Å². The Morgan fingerprint density at radius 1 is 1.17 bits per heavy atom. The Kier molecular flexibility index (Phi) is 6.64. The van der Waals surface area contributed by atoms with Crippen LogP contribution in [0.5, 0.6) is 0 Å². The molecule has 6 nitrogen and oxygen atoms in total. The molecular weight excluding hydrogens is 368 g/mol. The largest absolute Gasteiger partial charge is 0.433 e. The van der Waals surface area contributed by atoms with Crippen LogP contribution in [-0.2, 0) is 19.1 Å². The molecule has 0 aliphatic heterocycles. The van der Waals surface area contributed by atoms with Crippen LogP contribution in [0.4, 0.5) is 5.82 Å². The third-order valence-corrected chi connectivity index (χ3v) is 5.67. The summed E-state index contributed by atoms with van der Waals surface area (Å²) in [5, 5.41) is 2.94. The lowest BCUT2D eigenvalue weighted by Gasteiger charge is -2.33. The highest BCUT2D eigenvalue weighted by molar-refractivity contribution is 5.92. The van der Waals surface area contributed by atoms with Crippen molar-refractivity contribution in [2.24, 2.45) is 11.8 Å². The SMILES string of the molecule is CCC(=O)OC(C)(OC)C1CCC(C(=O)Nc2cc(-c3ccccc3)ccn2)C1. The highest BCUT2D eigenvalue weighted by Gasteiger charge is 2.44. The lowest BCUT2D eigenvalue weighted by atomic mass is 9.96. The second-order valence-corrected chi connectivity index (χ2v) is 7.54. The molecule has 1 aliphatic rings. The van der Waals surface area contributed by atoms with Crippen LogP contribution >= 0.6 is 0 Å². The minimum Gasteiger partial charge on any atom is -0.433 e. The van der Waals surface area contributed by atoms with Crippen LogP contribution in [0.15, 0.2) is 48.7 Å². The van der Waals surface area contributed by atoms with Crippen LogP contribution in [-0.4, -0.2) is 29.8 Å². The summed E-state index contributed by atoms with van der Waals surface area (Å²) < 4.78 is 11.0. The van der Waals surface area contributed by atoms with Crippen LogP contribution < -0.4 is 5.32 Å². The maximum atomic E-state index is 12.8. The number of aromatic nitrogens is 1. The van der Waals surface area contributed by atoms with Crippen LogP contribution in [0.2, 0.25) is 0 Å². The van der Waals surface area contributed by atoms with Gasteiger partial charge in [0, 0.05) is 38.5 Å². The fourth-order valence-electron chi connectivity index (χ4n) is 3.82. The van der Waals surface area contributed by atoms with E-state index >= 15 is 0 Å². The van der Waals surface area contributed by atoms with E-state index < -0.39 is 5.79 Å². The average molecular weight is 396 g/mol. The zero-order valence-electron chi connectivity index (χ0n) is 17.2. The van der Waals surface area contributed by atoms with E-state index in [9.17, 15) is 9.59 Å². The second kappa shape index (κ2) is 9.18. The fourth-order valence-corrected chi connectivity index (χ4v) is 3.82. The fraction of sp³-hybridized carbons (Fsp3) is 0.435. The summed E-state index contributed by atoms with van der Waals surface area (Å²) >= 11 is 0. The van der Waals surface area contributed by atoms with Gasteiger partial charge in [-0.25, -0.2) is 4.98 Å². The average Bonchev–Trinajstić information content (AvgIpc) is 3.25. The monoisotopic (exact) mass is 396 g/mol. The highest BCUT2D eigenvalue weighted by atomic mass is 16.7. The smallest absolute Gasteiger partial charge is 0.308 e. The van der Waals surface area contributed by atoms with Gasteiger partial charge in [0.15, 0.2) is 0 Å². The Bertz CT molecular complexity index is 855. The van der Waals surface area contributed by atoms with Gasteiger partial charge in [0.1, 0.15) is 5.82 Å².